The van der Waals surface area contributed by atoms with Crippen LogP contribution in [0.5, 0.6) is 0 Å². The van der Waals surface area contributed by atoms with Gasteiger partial charge in [-0.15, -0.1) is 0 Å². The number of nitrogens with one attached hydrogen (secondary N) is 1. The normalized spacial score (nSPS) is 11.5. The van der Waals surface area contributed by atoms with Crippen molar-refractivity contribution in [3.05, 3.63) is 35.8 Å². The second-order valence-corrected chi connectivity index (χ2v) is 6.28. The number of aryl methyl sites for hydroxylation is 1. The highest BCUT2D eigenvalue weighted by atomic mass is 16.3. The van der Waals surface area contributed by atoms with E-state index in [9.17, 15) is 4.79 Å². The first kappa shape index (κ1) is 16.1. The number of carbonyl (C=O) groups is 1. The third-order valence-corrected chi connectivity index (χ3v) is 3.37. The first-order valence-corrected chi connectivity index (χ1v) is 7.20. The Balaban J connectivity index is 1.93. The van der Waals surface area contributed by atoms with E-state index < -0.39 is 0 Å². The first-order chi connectivity index (χ1) is 10.3. The minimum atomic E-state index is -0.170. The van der Waals surface area contributed by atoms with Gasteiger partial charge in [-0.3, -0.25) is 0 Å². The summed E-state index contributed by atoms with van der Waals surface area (Å²) < 4.78 is 7.05. The molecule has 0 bridgehead atoms. The van der Waals surface area contributed by atoms with Gasteiger partial charge in [0.1, 0.15) is 17.9 Å². The van der Waals surface area contributed by atoms with Crippen molar-refractivity contribution >= 4 is 6.03 Å². The maximum Gasteiger partial charge on any atom is 0.317 e. The Morgan fingerprint density at radius 2 is 2.18 bits per heavy atom. The van der Waals surface area contributed by atoms with E-state index in [1.165, 1.54) is 6.33 Å². The number of nitrogens with zero attached hydrogens (tertiary/aromatic N) is 4. The monoisotopic (exact) mass is 305 g/mol. The Kier molecular flexibility index (Phi) is 4.54. The molecule has 0 unspecified atom stereocenters. The molecule has 2 amide bonds. The van der Waals surface area contributed by atoms with Crippen molar-refractivity contribution in [1.82, 2.24) is 25.0 Å². The second kappa shape index (κ2) is 6.21. The van der Waals surface area contributed by atoms with E-state index in [0.29, 0.717) is 13.1 Å². The molecule has 0 saturated heterocycles. The minimum absolute atomic E-state index is 0.163. The Morgan fingerprint density at radius 1 is 1.45 bits per heavy atom. The van der Waals surface area contributed by atoms with Crippen LogP contribution in [0.15, 0.2) is 23.1 Å². The van der Waals surface area contributed by atoms with Gasteiger partial charge in [-0.05, 0) is 33.8 Å². The Hall–Kier alpha value is -2.31. The Labute approximate surface area is 130 Å². The SMILES string of the molecule is Cc1occc1CN(C)C(=O)NCc1ncnn1C(C)(C)C. The van der Waals surface area contributed by atoms with Gasteiger partial charge in [-0.2, -0.15) is 5.10 Å². The summed E-state index contributed by atoms with van der Waals surface area (Å²) in [5, 5.41) is 7.07. The number of hydrogen-bond acceptors (Lipinski definition) is 4. The first-order valence-electron chi connectivity index (χ1n) is 7.20. The van der Waals surface area contributed by atoms with Crippen molar-refractivity contribution in [3.63, 3.8) is 0 Å². The summed E-state index contributed by atoms with van der Waals surface area (Å²) in [6.07, 6.45) is 3.13. The zero-order valence-electron chi connectivity index (χ0n) is 13.8. The van der Waals surface area contributed by atoms with Crippen LogP contribution in [0.3, 0.4) is 0 Å². The molecule has 0 radical (unpaired) electrons. The van der Waals surface area contributed by atoms with Gasteiger partial charge in [0.25, 0.3) is 0 Å². The Bertz CT molecular complexity index is 638. The van der Waals surface area contributed by atoms with Gasteiger partial charge >= 0.3 is 6.03 Å². The van der Waals surface area contributed by atoms with Crippen molar-refractivity contribution in [2.45, 2.75) is 46.3 Å². The molecular weight excluding hydrogens is 282 g/mol. The van der Waals surface area contributed by atoms with Crippen LogP contribution in [0.2, 0.25) is 0 Å². The minimum Gasteiger partial charge on any atom is -0.469 e. The maximum atomic E-state index is 12.2. The summed E-state index contributed by atoms with van der Waals surface area (Å²) in [5.41, 5.74) is 0.826. The number of hydrogen-bond donors (Lipinski definition) is 1. The third-order valence-electron chi connectivity index (χ3n) is 3.37. The molecule has 2 aromatic rings. The molecule has 0 aliphatic carbocycles. The van der Waals surface area contributed by atoms with Crippen LogP contribution in [0.1, 0.15) is 37.9 Å². The molecule has 0 fully saturated rings. The molecule has 7 nitrogen and oxygen atoms in total. The van der Waals surface area contributed by atoms with E-state index in [1.807, 2.05) is 38.4 Å². The molecule has 2 aromatic heterocycles. The van der Waals surface area contributed by atoms with Gasteiger partial charge in [0.05, 0.1) is 24.9 Å². The molecule has 7 heteroatoms. The molecule has 0 saturated carbocycles. The fourth-order valence-corrected chi connectivity index (χ4v) is 2.14. The zero-order chi connectivity index (χ0) is 16.3. The number of aromatic nitrogens is 3. The molecule has 0 aromatic carbocycles. The quantitative estimate of drug-likeness (QED) is 0.940. The molecule has 2 rings (SSSR count). The smallest absolute Gasteiger partial charge is 0.317 e. The fraction of sp³-hybridized carbons (Fsp3) is 0.533. The van der Waals surface area contributed by atoms with Crippen LogP contribution in [0.25, 0.3) is 0 Å². The van der Waals surface area contributed by atoms with E-state index in [-0.39, 0.29) is 11.6 Å². The number of urea groups is 1. The van der Waals surface area contributed by atoms with E-state index in [1.54, 1.807) is 18.2 Å². The van der Waals surface area contributed by atoms with Gasteiger partial charge < -0.3 is 14.6 Å². The van der Waals surface area contributed by atoms with Gasteiger partial charge in [0.15, 0.2) is 0 Å². The van der Waals surface area contributed by atoms with Gasteiger partial charge in [0, 0.05) is 12.6 Å². The van der Waals surface area contributed by atoms with Crippen molar-refractivity contribution in [3.8, 4) is 0 Å². The van der Waals surface area contributed by atoms with E-state index in [4.69, 9.17) is 4.42 Å². The third kappa shape index (κ3) is 3.66. The van der Waals surface area contributed by atoms with Crippen LogP contribution in [0.4, 0.5) is 4.79 Å². The molecule has 22 heavy (non-hydrogen) atoms. The van der Waals surface area contributed by atoms with Gasteiger partial charge in [0.2, 0.25) is 0 Å². The van der Waals surface area contributed by atoms with Crippen molar-refractivity contribution in [1.29, 1.82) is 0 Å². The molecule has 120 valence electrons. The lowest BCUT2D eigenvalue weighted by Gasteiger charge is -2.22. The predicted octanol–water partition coefficient (Wildman–Crippen LogP) is 2.28. The zero-order valence-corrected chi connectivity index (χ0v) is 13.8. The van der Waals surface area contributed by atoms with Crippen LogP contribution in [-0.2, 0) is 18.6 Å². The lowest BCUT2D eigenvalue weighted by Crippen LogP contribution is -2.38. The fourth-order valence-electron chi connectivity index (χ4n) is 2.14. The van der Waals surface area contributed by atoms with Crippen molar-refractivity contribution in [2.75, 3.05) is 7.05 Å². The summed E-state index contributed by atoms with van der Waals surface area (Å²) in [7, 11) is 1.75. The summed E-state index contributed by atoms with van der Waals surface area (Å²) in [5.74, 6) is 1.56. The van der Waals surface area contributed by atoms with Gasteiger partial charge in [-0.1, -0.05) is 0 Å². The summed E-state index contributed by atoms with van der Waals surface area (Å²) >= 11 is 0. The molecule has 0 spiro atoms. The topological polar surface area (TPSA) is 76.2 Å². The molecule has 1 N–H and O–H groups in total. The molecular formula is C15H23N5O2. The largest absolute Gasteiger partial charge is 0.469 e. The predicted molar refractivity (Wildman–Crippen MR) is 82.2 cm³/mol. The van der Waals surface area contributed by atoms with Crippen LogP contribution in [-0.4, -0.2) is 32.7 Å². The standard InChI is InChI=1S/C15H23N5O2/c1-11-12(6-7-22-11)9-19(5)14(21)16-8-13-17-10-18-20(13)15(2,3)4/h6-7,10H,8-9H2,1-5H3,(H,16,21). The number of carbonyl (C=O) groups excluding carboxylic acids is 1. The highest BCUT2D eigenvalue weighted by Gasteiger charge is 2.19. The van der Waals surface area contributed by atoms with Gasteiger partial charge in [-0.25, -0.2) is 14.5 Å². The summed E-state index contributed by atoms with van der Waals surface area (Å²) in [6.45, 7) is 8.85. The molecule has 0 aliphatic rings. The number of furan rings is 1. The average molecular weight is 305 g/mol. The van der Waals surface area contributed by atoms with Crippen LogP contribution in [0, 0.1) is 6.92 Å². The van der Waals surface area contributed by atoms with Crippen molar-refractivity contribution in [2.24, 2.45) is 0 Å². The lowest BCUT2D eigenvalue weighted by molar-refractivity contribution is 0.205. The second-order valence-electron chi connectivity index (χ2n) is 6.28. The Morgan fingerprint density at radius 3 is 2.77 bits per heavy atom. The highest BCUT2D eigenvalue weighted by molar-refractivity contribution is 5.73. The summed E-state index contributed by atoms with van der Waals surface area (Å²) in [4.78, 5) is 18.0. The van der Waals surface area contributed by atoms with E-state index >= 15 is 0 Å². The number of rotatable bonds is 4. The maximum absolute atomic E-state index is 12.2. The van der Waals surface area contributed by atoms with E-state index in [2.05, 4.69) is 15.4 Å². The van der Waals surface area contributed by atoms with Crippen LogP contribution < -0.4 is 5.32 Å². The lowest BCUT2D eigenvalue weighted by atomic mass is 10.1. The molecule has 0 atom stereocenters. The average Bonchev–Trinajstić information content (AvgIpc) is 3.05. The molecule has 2 heterocycles. The van der Waals surface area contributed by atoms with E-state index in [0.717, 1.165) is 17.1 Å². The van der Waals surface area contributed by atoms with Crippen molar-refractivity contribution < 1.29 is 9.21 Å². The summed E-state index contributed by atoms with van der Waals surface area (Å²) in [6, 6.07) is 1.71. The number of amides is 2. The van der Waals surface area contributed by atoms with Crippen LogP contribution >= 0.6 is 0 Å². The highest BCUT2D eigenvalue weighted by Crippen LogP contribution is 2.14. The molecule has 0 aliphatic heterocycles.